The number of fused-ring (bicyclic) bond motifs is 1. The lowest BCUT2D eigenvalue weighted by atomic mass is 9.45. The van der Waals surface area contributed by atoms with E-state index in [1.807, 2.05) is 20.8 Å². The van der Waals surface area contributed by atoms with Crippen LogP contribution in [0.15, 0.2) is 6.20 Å². The number of amides is 1. The molecule has 14 heteroatoms. The molecule has 7 saturated carbocycles. The van der Waals surface area contributed by atoms with Gasteiger partial charge in [0.15, 0.2) is 0 Å². The van der Waals surface area contributed by atoms with E-state index in [-0.39, 0.29) is 48.7 Å². The third-order valence-corrected chi connectivity index (χ3v) is 18.0. The van der Waals surface area contributed by atoms with Gasteiger partial charge < -0.3 is 29.0 Å². The van der Waals surface area contributed by atoms with Gasteiger partial charge in [0.05, 0.1) is 39.8 Å². The van der Waals surface area contributed by atoms with E-state index in [2.05, 4.69) is 10.4 Å². The van der Waals surface area contributed by atoms with Crippen LogP contribution in [0.4, 0.5) is 4.79 Å². The minimum Gasteiger partial charge on any atom is -0.463 e. The minimum absolute atomic E-state index is 0.0489. The van der Waals surface area contributed by atoms with Crippen molar-refractivity contribution in [1.82, 2.24) is 15.1 Å². The topological polar surface area (TPSA) is 178 Å². The van der Waals surface area contributed by atoms with Crippen LogP contribution in [0.25, 0.3) is 0 Å². The molecular weight excluding hydrogens is 783 g/mol. The first-order valence-corrected chi connectivity index (χ1v) is 22.8. The molecule has 0 radical (unpaired) electrons. The normalized spacial score (nSPS) is 34.9. The number of aromatic nitrogens is 2. The highest BCUT2D eigenvalue weighted by Crippen LogP contribution is 2.65. The molecule has 7 aliphatic carbocycles. The Morgan fingerprint density at radius 2 is 1.39 bits per heavy atom. The molecule has 1 aliphatic heterocycles. The molecule has 336 valence electrons. The van der Waals surface area contributed by atoms with E-state index in [0.29, 0.717) is 43.2 Å². The van der Waals surface area contributed by atoms with Crippen LogP contribution in [-0.4, -0.2) is 82.2 Å². The fraction of sp³-hybridized carbons (Fsp3) is 0.809. The Morgan fingerprint density at radius 3 is 1.98 bits per heavy atom. The van der Waals surface area contributed by atoms with Crippen molar-refractivity contribution in [2.24, 2.45) is 63.1 Å². The lowest BCUT2D eigenvalue weighted by Crippen LogP contribution is -2.69. The summed E-state index contributed by atoms with van der Waals surface area (Å²) in [5.41, 5.74) is -8.04. The molecule has 1 amide bonds. The highest BCUT2D eigenvalue weighted by atomic mass is 16.6. The summed E-state index contributed by atoms with van der Waals surface area (Å²) < 4.78 is 32.6. The molecule has 61 heavy (non-hydrogen) atoms. The fourth-order valence-electron chi connectivity index (χ4n) is 13.3. The van der Waals surface area contributed by atoms with Crippen LogP contribution >= 0.6 is 0 Å². The van der Waals surface area contributed by atoms with Crippen molar-refractivity contribution >= 4 is 35.9 Å². The summed E-state index contributed by atoms with van der Waals surface area (Å²) in [6, 6.07) is -0.527. The molecule has 6 bridgehead atoms. The van der Waals surface area contributed by atoms with Crippen molar-refractivity contribution in [3.05, 3.63) is 17.5 Å². The number of ether oxygens (including phenoxy) is 5. The zero-order chi connectivity index (χ0) is 44.2. The minimum atomic E-state index is -2.16. The number of nitrogens with one attached hydrogen (secondary N) is 1. The van der Waals surface area contributed by atoms with E-state index in [4.69, 9.17) is 23.7 Å². The lowest BCUT2D eigenvalue weighted by Gasteiger charge is -2.61. The number of nitrogens with zero attached hydrogens (tertiary/aromatic N) is 2. The second kappa shape index (κ2) is 14.8. The van der Waals surface area contributed by atoms with Crippen LogP contribution in [0.5, 0.6) is 0 Å². The summed E-state index contributed by atoms with van der Waals surface area (Å²) in [5, 5.41) is 6.95. The molecule has 9 rings (SSSR count). The van der Waals surface area contributed by atoms with Crippen molar-refractivity contribution in [3.8, 4) is 0 Å². The predicted molar refractivity (Wildman–Crippen MR) is 219 cm³/mol. The number of carbonyl (C=O) groups excluding carboxylic acids is 6. The second-order valence-corrected chi connectivity index (χ2v) is 21.9. The van der Waals surface area contributed by atoms with E-state index in [1.54, 1.807) is 47.7 Å². The molecule has 0 spiro atoms. The predicted octanol–water partition coefficient (Wildman–Crippen LogP) is 6.79. The number of aryl methyl sites for hydroxylation is 2. The monoisotopic (exact) mass is 849 g/mol. The molecule has 2 heterocycles. The standard InChI is InChI=1S/C47H67N3O11/c1-25-24-50(49-26(25)2)41(56)48-15-16-57-39(54)46(9,42(3,4)37(52)59-34-29-22-32-33(23-29)36(51)58-35(32)34)47(10,43(5,6)38(53)60-44(7)13-11-12-14-44)40(55)61-45(8)30-18-27-17-28(20-30)21-31(45)19-27/h24,27-35H,11-23H2,1-10H3,(H,48,56). The maximum atomic E-state index is 15.8. The van der Waals surface area contributed by atoms with Gasteiger partial charge in [-0.3, -0.25) is 24.0 Å². The maximum absolute atomic E-state index is 15.8. The van der Waals surface area contributed by atoms with Gasteiger partial charge in [0.2, 0.25) is 0 Å². The second-order valence-electron chi connectivity index (χ2n) is 21.9. The van der Waals surface area contributed by atoms with Crippen LogP contribution in [0.2, 0.25) is 0 Å². The summed E-state index contributed by atoms with van der Waals surface area (Å²) >= 11 is 0. The van der Waals surface area contributed by atoms with Gasteiger partial charge in [-0.2, -0.15) is 9.78 Å². The quantitative estimate of drug-likeness (QED) is 0.125. The molecule has 1 saturated heterocycles. The van der Waals surface area contributed by atoms with Gasteiger partial charge in [-0.15, -0.1) is 0 Å². The average Bonchev–Trinajstić information content (AvgIpc) is 4.01. The summed E-state index contributed by atoms with van der Waals surface area (Å²) in [4.78, 5) is 86.9. The molecule has 0 aromatic carbocycles. The summed E-state index contributed by atoms with van der Waals surface area (Å²) in [5.74, 6) is -2.47. The Kier molecular flexibility index (Phi) is 10.6. The number of esters is 5. The molecule has 14 nitrogen and oxygen atoms in total. The zero-order valence-electron chi connectivity index (χ0n) is 37.9. The van der Waals surface area contributed by atoms with Gasteiger partial charge in [0.25, 0.3) is 0 Å². The van der Waals surface area contributed by atoms with Crippen molar-refractivity contribution in [3.63, 3.8) is 0 Å². The number of carbonyl (C=O) groups is 6. The number of rotatable bonds is 13. The van der Waals surface area contributed by atoms with Gasteiger partial charge in [-0.05, 0) is 169 Å². The highest BCUT2D eigenvalue weighted by molar-refractivity contribution is 5.98. The Labute approximate surface area is 359 Å². The number of hydrogen-bond acceptors (Lipinski definition) is 12. The largest absolute Gasteiger partial charge is 0.463 e. The molecule has 8 aliphatic rings. The van der Waals surface area contributed by atoms with E-state index in [0.717, 1.165) is 44.1 Å². The van der Waals surface area contributed by atoms with Crippen LogP contribution in [-0.2, 0) is 47.7 Å². The van der Waals surface area contributed by atoms with E-state index in [9.17, 15) is 14.4 Å². The summed E-state index contributed by atoms with van der Waals surface area (Å²) in [7, 11) is 0. The Hall–Kier alpha value is -3.97. The summed E-state index contributed by atoms with van der Waals surface area (Å²) in [6.45, 7) is 16.4. The van der Waals surface area contributed by atoms with Crippen molar-refractivity contribution in [2.75, 3.05) is 13.2 Å². The fourth-order valence-corrected chi connectivity index (χ4v) is 13.3. The Bertz CT molecular complexity index is 1950. The molecule has 1 N–H and O–H groups in total. The molecule has 8 fully saturated rings. The van der Waals surface area contributed by atoms with E-state index < -0.39 is 75.0 Å². The Balaban J connectivity index is 1.16. The zero-order valence-corrected chi connectivity index (χ0v) is 37.9. The van der Waals surface area contributed by atoms with Gasteiger partial charge in [-0.1, -0.05) is 0 Å². The first-order chi connectivity index (χ1) is 28.5. The van der Waals surface area contributed by atoms with E-state index >= 15 is 14.4 Å². The van der Waals surface area contributed by atoms with Crippen LogP contribution in [0.1, 0.15) is 137 Å². The first-order valence-electron chi connectivity index (χ1n) is 22.8. The van der Waals surface area contributed by atoms with Gasteiger partial charge >= 0.3 is 35.9 Å². The van der Waals surface area contributed by atoms with Crippen molar-refractivity contribution in [1.29, 1.82) is 0 Å². The third kappa shape index (κ3) is 6.63. The molecule has 1 aromatic heterocycles. The van der Waals surface area contributed by atoms with E-state index in [1.165, 1.54) is 18.0 Å². The maximum Gasteiger partial charge on any atom is 0.342 e. The van der Waals surface area contributed by atoms with Crippen LogP contribution < -0.4 is 5.32 Å². The van der Waals surface area contributed by atoms with Gasteiger partial charge in [0.1, 0.15) is 30.0 Å². The smallest absolute Gasteiger partial charge is 0.342 e. The van der Waals surface area contributed by atoms with Gasteiger partial charge in [0, 0.05) is 18.0 Å². The molecule has 7 atom stereocenters. The van der Waals surface area contributed by atoms with Gasteiger partial charge in [-0.25, -0.2) is 4.79 Å². The first kappa shape index (κ1) is 43.7. The number of hydrogen-bond donors (Lipinski definition) is 1. The SMILES string of the molecule is Cc1cn(C(=O)NCCOC(=O)C(C)(C(C)(C)C(=O)OC2C3CC4C(=O)OC2C4C3)C(C)(C(=O)OC2(C)C3CC4CC(C3)CC2C4)C(C)(C)C(=O)OC2(C)CCCC2)nc1C. The molecule has 7 unspecified atom stereocenters. The van der Waals surface area contributed by atoms with Crippen LogP contribution in [0.3, 0.4) is 0 Å². The lowest BCUT2D eigenvalue weighted by molar-refractivity contribution is -0.242. The Morgan fingerprint density at radius 1 is 0.803 bits per heavy atom. The van der Waals surface area contributed by atoms with Crippen molar-refractivity contribution < 1.29 is 52.5 Å². The highest BCUT2D eigenvalue weighted by Gasteiger charge is 2.75. The summed E-state index contributed by atoms with van der Waals surface area (Å²) in [6.07, 6.45) is 9.52. The third-order valence-electron chi connectivity index (χ3n) is 18.0. The average molecular weight is 850 g/mol. The van der Waals surface area contributed by atoms with Crippen LogP contribution in [0, 0.1) is 76.9 Å². The molecular formula is C47H67N3O11. The molecule has 1 aromatic rings. The van der Waals surface area contributed by atoms with Crippen molar-refractivity contribution in [2.45, 2.75) is 163 Å².